The summed E-state index contributed by atoms with van der Waals surface area (Å²) in [7, 11) is 0. The summed E-state index contributed by atoms with van der Waals surface area (Å²) in [6, 6.07) is 0.288. The molecule has 0 aliphatic rings. The molecule has 0 amide bonds. The number of rotatable bonds is 4. The summed E-state index contributed by atoms with van der Waals surface area (Å²) in [6.45, 7) is 2.16. The standard InChI is InChI=1S/C8H13BrN2S/c1-2-3-8(11-10)6-4-12-5-7(6)9/h4-5,8,11H,2-3,10H2,1H3. The second-order valence-corrected chi connectivity index (χ2v) is 4.28. The van der Waals surface area contributed by atoms with Crippen molar-refractivity contribution in [2.75, 3.05) is 0 Å². The van der Waals surface area contributed by atoms with E-state index >= 15 is 0 Å². The van der Waals surface area contributed by atoms with Crippen LogP contribution in [0, 0.1) is 0 Å². The van der Waals surface area contributed by atoms with Crippen molar-refractivity contribution >= 4 is 27.3 Å². The van der Waals surface area contributed by atoms with Crippen molar-refractivity contribution in [1.82, 2.24) is 5.43 Å². The van der Waals surface area contributed by atoms with E-state index in [1.807, 2.05) is 0 Å². The minimum absolute atomic E-state index is 0.288. The fourth-order valence-electron chi connectivity index (χ4n) is 1.16. The van der Waals surface area contributed by atoms with E-state index in [-0.39, 0.29) is 6.04 Å². The molecular formula is C8H13BrN2S. The number of thiophene rings is 1. The maximum Gasteiger partial charge on any atom is 0.0479 e. The van der Waals surface area contributed by atoms with Crippen LogP contribution in [0.1, 0.15) is 31.4 Å². The van der Waals surface area contributed by atoms with Crippen molar-refractivity contribution in [3.8, 4) is 0 Å². The molecule has 1 aromatic heterocycles. The average Bonchev–Trinajstić information content (AvgIpc) is 2.47. The third kappa shape index (κ3) is 2.29. The van der Waals surface area contributed by atoms with Gasteiger partial charge in [0, 0.05) is 15.9 Å². The molecule has 1 unspecified atom stereocenters. The predicted molar refractivity (Wildman–Crippen MR) is 57.0 cm³/mol. The third-order valence-corrected chi connectivity index (χ3v) is 3.55. The Bertz CT molecular complexity index is 237. The predicted octanol–water partition coefficient (Wildman–Crippen LogP) is 2.82. The van der Waals surface area contributed by atoms with Crippen LogP contribution in [0.3, 0.4) is 0 Å². The smallest absolute Gasteiger partial charge is 0.0479 e. The van der Waals surface area contributed by atoms with E-state index in [1.54, 1.807) is 11.3 Å². The van der Waals surface area contributed by atoms with Gasteiger partial charge >= 0.3 is 0 Å². The lowest BCUT2D eigenvalue weighted by Crippen LogP contribution is -2.27. The van der Waals surface area contributed by atoms with E-state index in [0.717, 1.165) is 17.3 Å². The summed E-state index contributed by atoms with van der Waals surface area (Å²) in [4.78, 5) is 0. The number of halogens is 1. The minimum Gasteiger partial charge on any atom is -0.271 e. The van der Waals surface area contributed by atoms with Gasteiger partial charge in [-0.1, -0.05) is 13.3 Å². The fraction of sp³-hybridized carbons (Fsp3) is 0.500. The SMILES string of the molecule is CCCC(NN)c1cscc1Br. The molecule has 2 nitrogen and oxygen atoms in total. The lowest BCUT2D eigenvalue weighted by molar-refractivity contribution is 0.510. The summed E-state index contributed by atoms with van der Waals surface area (Å²) in [6.07, 6.45) is 2.21. The van der Waals surface area contributed by atoms with Crippen LogP contribution < -0.4 is 11.3 Å². The molecule has 0 aliphatic heterocycles. The van der Waals surface area contributed by atoms with E-state index in [2.05, 4.69) is 39.0 Å². The molecule has 0 aromatic carbocycles. The minimum atomic E-state index is 0.288. The van der Waals surface area contributed by atoms with Crippen LogP contribution in [0.2, 0.25) is 0 Å². The van der Waals surface area contributed by atoms with E-state index in [4.69, 9.17) is 5.84 Å². The van der Waals surface area contributed by atoms with Crippen LogP contribution in [-0.2, 0) is 0 Å². The molecule has 0 bridgehead atoms. The molecule has 0 radical (unpaired) electrons. The lowest BCUT2D eigenvalue weighted by Gasteiger charge is -2.13. The van der Waals surface area contributed by atoms with Crippen LogP contribution in [0.15, 0.2) is 15.2 Å². The van der Waals surface area contributed by atoms with Crippen molar-refractivity contribution in [3.63, 3.8) is 0 Å². The number of hydrazine groups is 1. The Balaban J connectivity index is 2.72. The number of nitrogens with two attached hydrogens (primary N) is 1. The molecule has 1 heterocycles. The second-order valence-electron chi connectivity index (χ2n) is 2.68. The first-order chi connectivity index (χ1) is 5.79. The van der Waals surface area contributed by atoms with Crippen LogP contribution in [-0.4, -0.2) is 0 Å². The molecule has 12 heavy (non-hydrogen) atoms. The zero-order valence-corrected chi connectivity index (χ0v) is 9.41. The lowest BCUT2D eigenvalue weighted by atomic mass is 10.1. The molecule has 1 atom stereocenters. The quantitative estimate of drug-likeness (QED) is 0.636. The Morgan fingerprint density at radius 3 is 2.83 bits per heavy atom. The maximum absolute atomic E-state index is 5.45. The average molecular weight is 249 g/mol. The summed E-state index contributed by atoms with van der Waals surface area (Å²) in [5, 5.41) is 4.21. The molecule has 4 heteroatoms. The van der Waals surface area contributed by atoms with E-state index in [1.165, 1.54) is 5.56 Å². The number of hydrogen-bond donors (Lipinski definition) is 2. The Labute approximate surface area is 85.3 Å². The van der Waals surface area contributed by atoms with Gasteiger partial charge in [0.25, 0.3) is 0 Å². The molecule has 68 valence electrons. The van der Waals surface area contributed by atoms with Gasteiger partial charge in [-0.05, 0) is 33.3 Å². The Kier molecular flexibility index (Phi) is 4.21. The van der Waals surface area contributed by atoms with Crippen LogP contribution in [0.5, 0.6) is 0 Å². The van der Waals surface area contributed by atoms with Crippen molar-refractivity contribution < 1.29 is 0 Å². The molecule has 0 fully saturated rings. The van der Waals surface area contributed by atoms with Gasteiger partial charge in [-0.15, -0.1) is 0 Å². The fourth-order valence-corrected chi connectivity index (χ4v) is 2.78. The van der Waals surface area contributed by atoms with Gasteiger partial charge in [-0.2, -0.15) is 11.3 Å². The maximum atomic E-state index is 5.45. The van der Waals surface area contributed by atoms with Crippen molar-refractivity contribution in [3.05, 3.63) is 20.8 Å². The molecular weight excluding hydrogens is 236 g/mol. The highest BCUT2D eigenvalue weighted by atomic mass is 79.9. The summed E-state index contributed by atoms with van der Waals surface area (Å²) >= 11 is 5.19. The van der Waals surface area contributed by atoms with Gasteiger partial charge in [0.2, 0.25) is 0 Å². The monoisotopic (exact) mass is 248 g/mol. The number of nitrogens with one attached hydrogen (secondary N) is 1. The summed E-state index contributed by atoms with van der Waals surface area (Å²) in [5.74, 6) is 5.45. The van der Waals surface area contributed by atoms with Gasteiger partial charge in [0.1, 0.15) is 0 Å². The zero-order valence-electron chi connectivity index (χ0n) is 7.01. The first-order valence-electron chi connectivity index (χ1n) is 3.97. The first-order valence-corrected chi connectivity index (χ1v) is 5.70. The van der Waals surface area contributed by atoms with Gasteiger partial charge < -0.3 is 0 Å². The van der Waals surface area contributed by atoms with Crippen molar-refractivity contribution in [2.24, 2.45) is 5.84 Å². The highest BCUT2D eigenvalue weighted by Crippen LogP contribution is 2.29. The molecule has 1 rings (SSSR count). The van der Waals surface area contributed by atoms with Gasteiger partial charge in [-0.25, -0.2) is 0 Å². The van der Waals surface area contributed by atoms with E-state index in [9.17, 15) is 0 Å². The normalized spacial score (nSPS) is 13.2. The molecule has 0 spiro atoms. The first kappa shape index (κ1) is 10.2. The van der Waals surface area contributed by atoms with Crippen molar-refractivity contribution in [2.45, 2.75) is 25.8 Å². The van der Waals surface area contributed by atoms with Crippen LogP contribution >= 0.6 is 27.3 Å². The Morgan fingerprint density at radius 1 is 1.67 bits per heavy atom. The number of hydrogen-bond acceptors (Lipinski definition) is 3. The van der Waals surface area contributed by atoms with Crippen molar-refractivity contribution in [1.29, 1.82) is 0 Å². The van der Waals surface area contributed by atoms with E-state index < -0.39 is 0 Å². The summed E-state index contributed by atoms with van der Waals surface area (Å²) in [5.41, 5.74) is 4.09. The Hall–Kier alpha value is 0.100. The third-order valence-electron chi connectivity index (χ3n) is 1.80. The molecule has 0 saturated heterocycles. The highest BCUT2D eigenvalue weighted by molar-refractivity contribution is 9.10. The van der Waals surface area contributed by atoms with Gasteiger partial charge in [0.15, 0.2) is 0 Å². The topological polar surface area (TPSA) is 38.0 Å². The zero-order chi connectivity index (χ0) is 8.97. The molecule has 0 saturated carbocycles. The van der Waals surface area contributed by atoms with Gasteiger partial charge in [-0.3, -0.25) is 11.3 Å². The Morgan fingerprint density at radius 2 is 2.42 bits per heavy atom. The molecule has 0 aliphatic carbocycles. The molecule has 1 aromatic rings. The highest BCUT2D eigenvalue weighted by Gasteiger charge is 2.11. The van der Waals surface area contributed by atoms with Crippen LogP contribution in [0.25, 0.3) is 0 Å². The van der Waals surface area contributed by atoms with E-state index in [0.29, 0.717) is 0 Å². The summed E-state index contributed by atoms with van der Waals surface area (Å²) < 4.78 is 1.16. The largest absolute Gasteiger partial charge is 0.271 e. The second kappa shape index (κ2) is 4.97. The van der Waals surface area contributed by atoms with Gasteiger partial charge in [0.05, 0.1) is 0 Å². The van der Waals surface area contributed by atoms with Crippen LogP contribution in [0.4, 0.5) is 0 Å². The molecule has 3 N–H and O–H groups in total.